The minimum absolute atomic E-state index is 0.142. The van der Waals surface area contributed by atoms with E-state index in [1.807, 2.05) is 32.0 Å². The number of thiophene rings is 1. The van der Waals surface area contributed by atoms with E-state index in [0.717, 1.165) is 36.2 Å². The first-order chi connectivity index (χ1) is 11.9. The van der Waals surface area contributed by atoms with Crippen molar-refractivity contribution in [1.29, 1.82) is 5.26 Å². The van der Waals surface area contributed by atoms with Gasteiger partial charge in [0.05, 0.1) is 5.56 Å². The van der Waals surface area contributed by atoms with Gasteiger partial charge in [-0.3, -0.25) is 9.69 Å². The molecule has 25 heavy (non-hydrogen) atoms. The van der Waals surface area contributed by atoms with Gasteiger partial charge >= 0.3 is 0 Å². The molecule has 0 bridgehead atoms. The second-order valence-corrected chi connectivity index (χ2v) is 8.01. The molecule has 4 nitrogen and oxygen atoms in total. The predicted molar refractivity (Wildman–Crippen MR) is 102 cm³/mol. The van der Waals surface area contributed by atoms with Crippen LogP contribution in [0.3, 0.4) is 0 Å². The summed E-state index contributed by atoms with van der Waals surface area (Å²) in [6, 6.07) is 8.63. The first kappa shape index (κ1) is 17.7. The average Bonchev–Trinajstić information content (AvgIpc) is 2.92. The zero-order valence-electron chi connectivity index (χ0n) is 15.1. The topological polar surface area (TPSA) is 56.1 Å². The van der Waals surface area contributed by atoms with E-state index < -0.39 is 0 Å². The van der Waals surface area contributed by atoms with Gasteiger partial charge in [-0.15, -0.1) is 11.3 Å². The molecule has 3 rings (SSSR count). The largest absolute Gasteiger partial charge is 0.312 e. The van der Waals surface area contributed by atoms with E-state index in [1.165, 1.54) is 4.88 Å². The molecule has 0 unspecified atom stereocenters. The maximum atomic E-state index is 12.7. The Morgan fingerprint density at radius 3 is 2.80 bits per heavy atom. The quantitative estimate of drug-likeness (QED) is 0.897. The van der Waals surface area contributed by atoms with Crippen LogP contribution in [0, 0.1) is 25.2 Å². The van der Waals surface area contributed by atoms with Gasteiger partial charge in [0.15, 0.2) is 0 Å². The van der Waals surface area contributed by atoms with Crippen LogP contribution in [-0.4, -0.2) is 23.4 Å². The highest BCUT2D eigenvalue weighted by Crippen LogP contribution is 2.37. The Balaban J connectivity index is 1.90. The number of hydrogen-bond donors (Lipinski definition) is 1. The highest BCUT2D eigenvalue weighted by Gasteiger charge is 2.26. The first-order valence-corrected chi connectivity index (χ1v) is 9.39. The Hall–Kier alpha value is -2.16. The van der Waals surface area contributed by atoms with Gasteiger partial charge in [0, 0.05) is 29.6 Å². The zero-order chi connectivity index (χ0) is 18.1. The van der Waals surface area contributed by atoms with Gasteiger partial charge in [-0.05, 0) is 51.3 Å². The average molecular weight is 353 g/mol. The number of hydrogen-bond acceptors (Lipinski definition) is 4. The van der Waals surface area contributed by atoms with Crippen molar-refractivity contribution in [2.45, 2.75) is 46.7 Å². The fourth-order valence-electron chi connectivity index (χ4n) is 3.22. The zero-order valence-corrected chi connectivity index (χ0v) is 16.0. The molecule has 1 N–H and O–H groups in total. The van der Waals surface area contributed by atoms with Crippen LogP contribution < -0.4 is 5.32 Å². The van der Waals surface area contributed by atoms with Crippen LogP contribution in [0.25, 0.3) is 0 Å². The lowest BCUT2D eigenvalue weighted by Crippen LogP contribution is -2.35. The van der Waals surface area contributed by atoms with Gasteiger partial charge in [-0.2, -0.15) is 5.26 Å². The van der Waals surface area contributed by atoms with Crippen molar-refractivity contribution in [3.8, 4) is 6.07 Å². The summed E-state index contributed by atoms with van der Waals surface area (Å²) in [6.45, 7) is 10.1. The third-order valence-corrected chi connectivity index (χ3v) is 5.93. The summed E-state index contributed by atoms with van der Waals surface area (Å²) in [5, 5.41) is 13.3. The molecular formula is C20H23N3OS. The first-order valence-electron chi connectivity index (χ1n) is 8.58. The molecule has 0 radical (unpaired) electrons. The molecule has 1 amide bonds. The molecule has 0 saturated heterocycles. The van der Waals surface area contributed by atoms with Crippen LogP contribution in [0.5, 0.6) is 0 Å². The molecule has 130 valence electrons. The fourth-order valence-corrected chi connectivity index (χ4v) is 4.44. The monoisotopic (exact) mass is 353 g/mol. The number of nitrogens with one attached hydrogen (secondary N) is 1. The molecule has 5 heteroatoms. The minimum atomic E-state index is -0.142. The molecule has 2 heterocycles. The lowest BCUT2D eigenvalue weighted by Gasteiger charge is -2.30. The Morgan fingerprint density at radius 2 is 2.12 bits per heavy atom. The van der Waals surface area contributed by atoms with Crippen molar-refractivity contribution in [2.75, 3.05) is 11.9 Å². The van der Waals surface area contributed by atoms with Crippen LogP contribution in [0.15, 0.2) is 18.2 Å². The molecule has 0 fully saturated rings. The van der Waals surface area contributed by atoms with Crippen LogP contribution in [0.4, 0.5) is 5.00 Å². The van der Waals surface area contributed by atoms with Gasteiger partial charge in [-0.25, -0.2) is 0 Å². The van der Waals surface area contributed by atoms with Crippen molar-refractivity contribution in [1.82, 2.24) is 4.90 Å². The van der Waals surface area contributed by atoms with E-state index in [4.69, 9.17) is 0 Å². The summed E-state index contributed by atoms with van der Waals surface area (Å²) < 4.78 is 0. The van der Waals surface area contributed by atoms with E-state index in [1.54, 1.807) is 11.3 Å². The summed E-state index contributed by atoms with van der Waals surface area (Å²) in [4.78, 5) is 16.3. The number of anilines is 1. The van der Waals surface area contributed by atoms with Crippen molar-refractivity contribution in [3.05, 3.63) is 50.9 Å². The second kappa shape index (κ2) is 6.99. The molecule has 0 atom stereocenters. The normalized spacial score (nSPS) is 14.2. The molecule has 0 aliphatic carbocycles. The van der Waals surface area contributed by atoms with E-state index in [9.17, 15) is 10.1 Å². The number of nitriles is 1. The van der Waals surface area contributed by atoms with Crippen LogP contribution in [0.1, 0.15) is 51.3 Å². The predicted octanol–water partition coefficient (Wildman–Crippen LogP) is 4.26. The van der Waals surface area contributed by atoms with Gasteiger partial charge in [0.2, 0.25) is 0 Å². The maximum absolute atomic E-state index is 12.7. The lowest BCUT2D eigenvalue weighted by molar-refractivity contribution is 0.102. The maximum Gasteiger partial charge on any atom is 0.256 e. The van der Waals surface area contributed by atoms with E-state index in [-0.39, 0.29) is 5.91 Å². The van der Waals surface area contributed by atoms with Crippen molar-refractivity contribution >= 4 is 22.2 Å². The van der Waals surface area contributed by atoms with Gasteiger partial charge in [0.25, 0.3) is 5.91 Å². The SMILES string of the molecule is Cc1ccc(C)c(C(=O)Nc2sc3c(c2C#N)CCN(C(C)C)C3)c1. The van der Waals surface area contributed by atoms with Crippen LogP contribution in [0.2, 0.25) is 0 Å². The van der Waals surface area contributed by atoms with Gasteiger partial charge in [-0.1, -0.05) is 17.7 Å². The van der Waals surface area contributed by atoms with E-state index >= 15 is 0 Å². The molecule has 1 aromatic carbocycles. The Bertz CT molecular complexity index is 861. The number of fused-ring (bicyclic) bond motifs is 1. The number of carbonyl (C=O) groups excluding carboxylic acids is 1. The number of benzene rings is 1. The molecule has 1 aliphatic heterocycles. The molecule has 1 aliphatic rings. The number of aryl methyl sites for hydroxylation is 2. The third-order valence-electron chi connectivity index (χ3n) is 4.79. The van der Waals surface area contributed by atoms with Crippen molar-refractivity contribution in [3.63, 3.8) is 0 Å². The second-order valence-electron chi connectivity index (χ2n) is 6.91. The fraction of sp³-hybridized carbons (Fsp3) is 0.400. The van der Waals surface area contributed by atoms with Crippen LogP contribution in [-0.2, 0) is 13.0 Å². The van der Waals surface area contributed by atoms with Gasteiger partial charge in [0.1, 0.15) is 11.1 Å². The van der Waals surface area contributed by atoms with Gasteiger partial charge < -0.3 is 5.32 Å². The van der Waals surface area contributed by atoms with Crippen molar-refractivity contribution < 1.29 is 4.79 Å². The number of rotatable bonds is 3. The summed E-state index contributed by atoms with van der Waals surface area (Å²) in [5.41, 5.74) is 4.41. The highest BCUT2D eigenvalue weighted by atomic mass is 32.1. The van der Waals surface area contributed by atoms with E-state index in [0.29, 0.717) is 22.2 Å². The smallest absolute Gasteiger partial charge is 0.256 e. The van der Waals surface area contributed by atoms with E-state index in [2.05, 4.69) is 30.1 Å². The van der Waals surface area contributed by atoms with Crippen LogP contribution >= 0.6 is 11.3 Å². The third kappa shape index (κ3) is 3.46. The number of carbonyl (C=O) groups is 1. The Labute approximate surface area is 153 Å². The summed E-state index contributed by atoms with van der Waals surface area (Å²) in [5.74, 6) is -0.142. The number of amides is 1. The van der Waals surface area contributed by atoms with Crippen molar-refractivity contribution in [2.24, 2.45) is 0 Å². The Morgan fingerprint density at radius 1 is 1.36 bits per heavy atom. The standard InChI is InChI=1S/C20H23N3OS/c1-12(2)23-8-7-15-17(10-21)20(25-18(15)11-23)22-19(24)16-9-13(3)5-6-14(16)4/h5-6,9,12H,7-8,11H2,1-4H3,(H,22,24). The molecular weight excluding hydrogens is 330 g/mol. The molecule has 1 aromatic heterocycles. The molecule has 0 saturated carbocycles. The minimum Gasteiger partial charge on any atom is -0.312 e. The molecule has 2 aromatic rings. The summed E-state index contributed by atoms with van der Waals surface area (Å²) in [7, 11) is 0. The lowest BCUT2D eigenvalue weighted by atomic mass is 10.0. The Kier molecular flexibility index (Phi) is 4.94. The summed E-state index contributed by atoms with van der Waals surface area (Å²) in [6.07, 6.45) is 0.867. The molecule has 0 spiro atoms. The number of nitrogens with zero attached hydrogens (tertiary/aromatic N) is 2. The highest BCUT2D eigenvalue weighted by molar-refractivity contribution is 7.16. The summed E-state index contributed by atoms with van der Waals surface area (Å²) >= 11 is 1.54.